The molecule has 0 unspecified atom stereocenters. The predicted molar refractivity (Wildman–Crippen MR) is 85.5 cm³/mol. The van der Waals surface area contributed by atoms with Crippen LogP contribution in [0.15, 0.2) is 4.52 Å². The van der Waals surface area contributed by atoms with E-state index in [4.69, 9.17) is 9.26 Å². The van der Waals surface area contributed by atoms with Crippen LogP contribution in [-0.4, -0.2) is 34.3 Å². The first-order valence-corrected chi connectivity index (χ1v) is 7.63. The summed E-state index contributed by atoms with van der Waals surface area (Å²) in [6, 6.07) is 0. The first kappa shape index (κ1) is 17.7. The van der Waals surface area contributed by atoms with E-state index in [1.807, 2.05) is 6.92 Å². The Morgan fingerprint density at radius 1 is 1.17 bits per heavy atom. The van der Waals surface area contributed by atoms with Gasteiger partial charge in [-0.1, -0.05) is 12.1 Å². The van der Waals surface area contributed by atoms with Gasteiger partial charge in [-0.3, -0.25) is 9.59 Å². The molecule has 2 heterocycles. The van der Waals surface area contributed by atoms with Crippen molar-refractivity contribution in [1.82, 2.24) is 10.1 Å². The minimum atomic E-state index is -0.647. The van der Waals surface area contributed by atoms with Crippen LogP contribution < -0.4 is 0 Å². The second-order valence-corrected chi connectivity index (χ2v) is 5.59. The average molecular weight is 332 g/mol. The number of rotatable bonds is 6. The summed E-state index contributed by atoms with van der Waals surface area (Å²) in [4.78, 5) is 39.0. The summed E-state index contributed by atoms with van der Waals surface area (Å²) in [6.07, 6.45) is 0.520. The van der Waals surface area contributed by atoms with E-state index in [9.17, 15) is 14.4 Å². The molecule has 0 radical (unpaired) electrons. The van der Waals surface area contributed by atoms with Crippen LogP contribution >= 0.6 is 0 Å². The molecule has 7 nitrogen and oxygen atoms in total. The van der Waals surface area contributed by atoms with Gasteiger partial charge in [-0.25, -0.2) is 4.79 Å². The molecule has 0 aliphatic carbocycles. The average Bonchev–Trinajstić information content (AvgIpc) is 3.04. The van der Waals surface area contributed by atoms with Gasteiger partial charge in [0.2, 0.25) is 5.78 Å². The third kappa shape index (κ3) is 3.15. The zero-order chi connectivity index (χ0) is 18.0. The van der Waals surface area contributed by atoms with Crippen LogP contribution in [0.1, 0.15) is 67.8 Å². The summed E-state index contributed by atoms with van der Waals surface area (Å²) >= 11 is 0. The summed E-state index contributed by atoms with van der Waals surface area (Å²) in [5, 5.41) is 3.78. The van der Waals surface area contributed by atoms with E-state index in [1.54, 1.807) is 20.8 Å². The number of nitrogens with zero attached hydrogens (tertiary/aromatic N) is 1. The van der Waals surface area contributed by atoms with Crippen molar-refractivity contribution in [2.75, 3.05) is 6.61 Å². The van der Waals surface area contributed by atoms with Gasteiger partial charge in [0.25, 0.3) is 0 Å². The van der Waals surface area contributed by atoms with E-state index in [-0.39, 0.29) is 17.0 Å². The van der Waals surface area contributed by atoms with Crippen LogP contribution in [0.25, 0.3) is 0 Å². The van der Waals surface area contributed by atoms with Gasteiger partial charge in [-0.05, 0) is 39.7 Å². The molecule has 0 aromatic carbocycles. The molecule has 2 aromatic heterocycles. The second kappa shape index (κ2) is 6.82. The molecule has 0 aliphatic heterocycles. The van der Waals surface area contributed by atoms with Crippen LogP contribution in [0.2, 0.25) is 0 Å². The van der Waals surface area contributed by atoms with Gasteiger partial charge >= 0.3 is 5.97 Å². The van der Waals surface area contributed by atoms with E-state index in [2.05, 4.69) is 10.1 Å². The Bertz CT molecular complexity index is 813. The number of H-pyrrole nitrogens is 1. The molecule has 0 aliphatic rings. The Hall–Kier alpha value is -2.70. The Kier molecular flexibility index (Phi) is 5.02. The fraction of sp³-hybridized carbons (Fsp3) is 0.412. The second-order valence-electron chi connectivity index (χ2n) is 5.59. The molecule has 0 amide bonds. The zero-order valence-corrected chi connectivity index (χ0v) is 14.4. The molecular weight excluding hydrogens is 312 g/mol. The number of nitrogens with one attached hydrogen (secondary N) is 1. The van der Waals surface area contributed by atoms with Crippen molar-refractivity contribution in [3.05, 3.63) is 39.5 Å². The highest BCUT2D eigenvalue weighted by Crippen LogP contribution is 2.20. The van der Waals surface area contributed by atoms with E-state index < -0.39 is 18.4 Å². The van der Waals surface area contributed by atoms with Gasteiger partial charge in [0.15, 0.2) is 12.4 Å². The molecule has 1 N–H and O–H groups in total. The van der Waals surface area contributed by atoms with Crippen molar-refractivity contribution in [3.8, 4) is 0 Å². The lowest BCUT2D eigenvalue weighted by atomic mass is 10.1. The number of hydrogen-bond acceptors (Lipinski definition) is 6. The SMILES string of the molecule is CCc1noc(C)c1C(=O)OCC(=O)c1[nH]c(C)c(C(C)=O)c1C. The third-order valence-corrected chi connectivity index (χ3v) is 3.88. The zero-order valence-electron chi connectivity index (χ0n) is 14.4. The minimum Gasteiger partial charge on any atom is -0.453 e. The number of Topliss-reactive ketones (excluding diaryl/α,β-unsaturated/α-hetero) is 2. The van der Waals surface area contributed by atoms with Crippen molar-refractivity contribution in [3.63, 3.8) is 0 Å². The summed E-state index contributed by atoms with van der Waals surface area (Å²) in [7, 11) is 0. The molecule has 0 saturated heterocycles. The Balaban J connectivity index is 2.14. The first-order valence-electron chi connectivity index (χ1n) is 7.63. The number of carbonyl (C=O) groups is 3. The molecule has 2 aromatic rings. The fourth-order valence-corrected chi connectivity index (χ4v) is 2.75. The molecule has 7 heteroatoms. The Labute approximate surface area is 139 Å². The lowest BCUT2D eigenvalue weighted by Crippen LogP contribution is -2.16. The molecule has 0 saturated carbocycles. The number of esters is 1. The maximum Gasteiger partial charge on any atom is 0.344 e. The number of ketones is 2. The molecular formula is C17H20N2O5. The summed E-state index contributed by atoms with van der Waals surface area (Å²) in [5.41, 5.74) is 2.72. The van der Waals surface area contributed by atoms with Crippen molar-refractivity contribution in [2.24, 2.45) is 0 Å². The topological polar surface area (TPSA) is 102 Å². The molecule has 24 heavy (non-hydrogen) atoms. The van der Waals surface area contributed by atoms with Crippen LogP contribution in [0.5, 0.6) is 0 Å². The van der Waals surface area contributed by atoms with Crippen LogP contribution in [0, 0.1) is 20.8 Å². The van der Waals surface area contributed by atoms with Crippen molar-refractivity contribution in [1.29, 1.82) is 0 Å². The monoisotopic (exact) mass is 332 g/mol. The number of hydrogen-bond donors (Lipinski definition) is 1. The van der Waals surface area contributed by atoms with E-state index in [0.29, 0.717) is 34.7 Å². The smallest absolute Gasteiger partial charge is 0.344 e. The highest BCUT2D eigenvalue weighted by atomic mass is 16.5. The van der Waals surface area contributed by atoms with E-state index in [0.717, 1.165) is 0 Å². The standard InChI is InChI=1S/C17H20N2O5/c1-6-12-15(11(5)24-19-12)17(22)23-7-13(21)16-8(2)14(10(4)20)9(3)18-16/h18H,6-7H2,1-5H3. The number of aryl methyl sites for hydroxylation is 3. The molecule has 2 rings (SSSR count). The molecule has 0 bridgehead atoms. The van der Waals surface area contributed by atoms with E-state index in [1.165, 1.54) is 6.92 Å². The Morgan fingerprint density at radius 3 is 2.38 bits per heavy atom. The highest BCUT2D eigenvalue weighted by Gasteiger charge is 2.24. The molecule has 0 spiro atoms. The van der Waals surface area contributed by atoms with Crippen molar-refractivity contribution in [2.45, 2.75) is 41.0 Å². The van der Waals surface area contributed by atoms with Crippen LogP contribution in [0.3, 0.4) is 0 Å². The van der Waals surface area contributed by atoms with Gasteiger partial charge in [0.05, 0.1) is 11.4 Å². The molecule has 0 fully saturated rings. The molecule has 0 atom stereocenters. The fourth-order valence-electron chi connectivity index (χ4n) is 2.75. The highest BCUT2D eigenvalue weighted by molar-refractivity contribution is 6.04. The number of carbonyl (C=O) groups excluding carboxylic acids is 3. The lowest BCUT2D eigenvalue weighted by molar-refractivity contribution is 0.0470. The van der Waals surface area contributed by atoms with Crippen LogP contribution in [-0.2, 0) is 11.2 Å². The summed E-state index contributed by atoms with van der Waals surface area (Å²) < 4.78 is 10.1. The Morgan fingerprint density at radius 2 is 1.83 bits per heavy atom. The maximum atomic E-state index is 12.3. The number of ether oxygens (including phenoxy) is 1. The van der Waals surface area contributed by atoms with Crippen molar-refractivity contribution < 1.29 is 23.6 Å². The summed E-state index contributed by atoms with van der Waals surface area (Å²) in [5.74, 6) is -0.810. The quantitative estimate of drug-likeness (QED) is 0.644. The molecule has 128 valence electrons. The van der Waals surface area contributed by atoms with E-state index >= 15 is 0 Å². The normalized spacial score (nSPS) is 10.7. The first-order chi connectivity index (χ1) is 11.3. The van der Waals surface area contributed by atoms with Crippen LogP contribution in [0.4, 0.5) is 0 Å². The summed E-state index contributed by atoms with van der Waals surface area (Å²) in [6.45, 7) is 7.88. The number of aromatic amines is 1. The van der Waals surface area contributed by atoms with Gasteiger partial charge in [-0.15, -0.1) is 0 Å². The maximum absolute atomic E-state index is 12.3. The largest absolute Gasteiger partial charge is 0.453 e. The predicted octanol–water partition coefficient (Wildman–Crippen LogP) is 2.73. The third-order valence-electron chi connectivity index (χ3n) is 3.88. The minimum absolute atomic E-state index is 0.120. The number of aromatic nitrogens is 2. The van der Waals surface area contributed by atoms with Gasteiger partial charge in [-0.2, -0.15) is 0 Å². The van der Waals surface area contributed by atoms with Crippen molar-refractivity contribution >= 4 is 17.5 Å². The lowest BCUT2D eigenvalue weighted by Gasteiger charge is -2.04. The van der Waals surface area contributed by atoms with Gasteiger partial charge in [0.1, 0.15) is 11.3 Å². The van der Waals surface area contributed by atoms with Gasteiger partial charge < -0.3 is 14.2 Å². The van der Waals surface area contributed by atoms with Gasteiger partial charge in [0, 0.05) is 11.3 Å².